The van der Waals surface area contributed by atoms with Crippen LogP contribution >= 0.6 is 27.3 Å². The summed E-state index contributed by atoms with van der Waals surface area (Å²) in [6, 6.07) is 8.21. The van der Waals surface area contributed by atoms with Gasteiger partial charge in [-0.2, -0.15) is 0 Å². The van der Waals surface area contributed by atoms with Crippen LogP contribution in [0.4, 0.5) is 5.13 Å². The van der Waals surface area contributed by atoms with E-state index in [4.69, 9.17) is 0 Å². The van der Waals surface area contributed by atoms with Crippen molar-refractivity contribution >= 4 is 38.2 Å². The van der Waals surface area contributed by atoms with Crippen molar-refractivity contribution in [2.75, 3.05) is 11.9 Å². The van der Waals surface area contributed by atoms with Crippen LogP contribution in [-0.4, -0.2) is 17.4 Å². The highest BCUT2D eigenvalue weighted by Crippen LogP contribution is 2.26. The minimum absolute atomic E-state index is 0.929. The van der Waals surface area contributed by atoms with E-state index in [1.807, 2.05) is 12.1 Å². The van der Waals surface area contributed by atoms with Crippen LogP contribution in [0.1, 0.15) is 19.3 Å². The first-order valence-corrected chi connectivity index (χ1v) is 8.00. The summed E-state index contributed by atoms with van der Waals surface area (Å²) in [6.45, 7) is 0.938. The number of rotatable bonds is 2. The molecule has 1 aliphatic heterocycles. The van der Waals surface area contributed by atoms with E-state index in [9.17, 15) is 0 Å². The SMILES string of the molecule is Brc1ccc(-c2csc(NC3=NCCCC3)n2)cc1. The van der Waals surface area contributed by atoms with Gasteiger partial charge in [-0.1, -0.05) is 28.1 Å². The molecule has 98 valence electrons. The van der Waals surface area contributed by atoms with Crippen molar-refractivity contribution in [2.45, 2.75) is 19.3 Å². The van der Waals surface area contributed by atoms with Gasteiger partial charge in [0.2, 0.25) is 0 Å². The molecule has 0 amide bonds. The van der Waals surface area contributed by atoms with Crippen molar-refractivity contribution in [3.05, 3.63) is 34.1 Å². The number of amidine groups is 1. The fourth-order valence-corrected chi connectivity index (χ4v) is 3.01. The smallest absolute Gasteiger partial charge is 0.188 e. The molecule has 5 heteroatoms. The molecule has 19 heavy (non-hydrogen) atoms. The van der Waals surface area contributed by atoms with E-state index < -0.39 is 0 Å². The molecule has 0 spiro atoms. The Kier molecular flexibility index (Phi) is 3.94. The maximum Gasteiger partial charge on any atom is 0.188 e. The molecule has 0 atom stereocenters. The molecule has 2 aromatic rings. The predicted molar refractivity (Wildman–Crippen MR) is 85.0 cm³/mol. The minimum atomic E-state index is 0.929. The number of hydrogen-bond acceptors (Lipinski definition) is 4. The lowest BCUT2D eigenvalue weighted by atomic mass is 10.2. The topological polar surface area (TPSA) is 37.3 Å². The van der Waals surface area contributed by atoms with Crippen molar-refractivity contribution in [3.8, 4) is 11.3 Å². The van der Waals surface area contributed by atoms with Gasteiger partial charge in [-0.25, -0.2) is 4.98 Å². The Balaban J connectivity index is 1.75. The van der Waals surface area contributed by atoms with Crippen molar-refractivity contribution in [1.82, 2.24) is 4.98 Å². The third-order valence-corrected chi connectivity index (χ3v) is 4.31. The number of nitrogens with zero attached hydrogens (tertiary/aromatic N) is 2. The second kappa shape index (κ2) is 5.84. The first-order chi connectivity index (χ1) is 9.31. The fourth-order valence-electron chi connectivity index (χ4n) is 2.01. The summed E-state index contributed by atoms with van der Waals surface area (Å²) in [4.78, 5) is 9.10. The van der Waals surface area contributed by atoms with Gasteiger partial charge in [-0.15, -0.1) is 11.3 Å². The fraction of sp³-hybridized carbons (Fsp3) is 0.286. The molecule has 0 radical (unpaired) electrons. The van der Waals surface area contributed by atoms with Gasteiger partial charge in [0, 0.05) is 28.4 Å². The van der Waals surface area contributed by atoms with Gasteiger partial charge in [-0.3, -0.25) is 4.99 Å². The molecule has 0 bridgehead atoms. The number of aliphatic imine (C=N–C) groups is 1. The van der Waals surface area contributed by atoms with Crippen LogP contribution in [0.2, 0.25) is 0 Å². The first-order valence-electron chi connectivity index (χ1n) is 6.33. The van der Waals surface area contributed by atoms with Crippen LogP contribution in [0.5, 0.6) is 0 Å². The lowest BCUT2D eigenvalue weighted by Crippen LogP contribution is -2.15. The van der Waals surface area contributed by atoms with Crippen LogP contribution < -0.4 is 5.32 Å². The first kappa shape index (κ1) is 12.8. The number of anilines is 1. The van der Waals surface area contributed by atoms with Crippen molar-refractivity contribution in [1.29, 1.82) is 0 Å². The molecule has 0 fully saturated rings. The molecular formula is C14H14BrN3S. The third-order valence-electron chi connectivity index (χ3n) is 3.02. The van der Waals surface area contributed by atoms with Crippen molar-refractivity contribution in [2.24, 2.45) is 4.99 Å². The van der Waals surface area contributed by atoms with E-state index in [0.717, 1.165) is 39.7 Å². The summed E-state index contributed by atoms with van der Waals surface area (Å²) in [5.41, 5.74) is 2.15. The predicted octanol–water partition coefficient (Wildman–Crippen LogP) is 4.57. The summed E-state index contributed by atoms with van der Waals surface area (Å²) in [7, 11) is 0. The average Bonchev–Trinajstić information content (AvgIpc) is 2.89. The van der Waals surface area contributed by atoms with Crippen molar-refractivity contribution < 1.29 is 0 Å². The monoisotopic (exact) mass is 335 g/mol. The Morgan fingerprint density at radius 3 is 2.74 bits per heavy atom. The molecule has 0 saturated heterocycles. The standard InChI is InChI=1S/C14H14BrN3S/c15-11-6-4-10(5-7-11)12-9-19-14(17-12)18-13-3-1-2-8-16-13/h4-7,9H,1-3,8H2,(H,16,17,18). The van der Waals surface area contributed by atoms with Crippen LogP contribution in [-0.2, 0) is 0 Å². The quantitative estimate of drug-likeness (QED) is 0.872. The Morgan fingerprint density at radius 2 is 2.00 bits per heavy atom. The highest BCUT2D eigenvalue weighted by atomic mass is 79.9. The van der Waals surface area contributed by atoms with E-state index in [-0.39, 0.29) is 0 Å². The highest BCUT2D eigenvalue weighted by molar-refractivity contribution is 9.10. The molecule has 0 aliphatic carbocycles. The molecular weight excluding hydrogens is 322 g/mol. The second-order valence-corrected chi connectivity index (χ2v) is 6.23. The van der Waals surface area contributed by atoms with E-state index in [0.29, 0.717) is 0 Å². The summed E-state index contributed by atoms with van der Waals surface area (Å²) in [5, 5.41) is 6.34. The van der Waals surface area contributed by atoms with Gasteiger partial charge in [0.25, 0.3) is 0 Å². The Hall–Kier alpha value is -1.20. The lowest BCUT2D eigenvalue weighted by molar-refractivity contribution is 0.737. The van der Waals surface area contributed by atoms with Crippen LogP contribution in [0.3, 0.4) is 0 Å². The third kappa shape index (κ3) is 3.22. The highest BCUT2D eigenvalue weighted by Gasteiger charge is 2.09. The molecule has 3 rings (SSSR count). The molecule has 1 aromatic carbocycles. The van der Waals surface area contributed by atoms with Crippen LogP contribution in [0.25, 0.3) is 11.3 Å². The Bertz CT molecular complexity index is 589. The number of aromatic nitrogens is 1. The molecule has 1 aliphatic rings. The zero-order valence-corrected chi connectivity index (χ0v) is 12.8. The van der Waals surface area contributed by atoms with E-state index in [1.54, 1.807) is 11.3 Å². The summed E-state index contributed by atoms with van der Waals surface area (Å²) in [6.07, 6.45) is 3.46. The van der Waals surface area contributed by atoms with Crippen LogP contribution in [0, 0.1) is 0 Å². The minimum Gasteiger partial charge on any atom is -0.320 e. The maximum atomic E-state index is 4.62. The summed E-state index contributed by atoms with van der Waals surface area (Å²) < 4.78 is 1.08. The zero-order chi connectivity index (χ0) is 13.1. The average molecular weight is 336 g/mol. The van der Waals surface area contributed by atoms with Crippen molar-refractivity contribution in [3.63, 3.8) is 0 Å². The molecule has 0 unspecified atom stereocenters. The number of hydrogen-bond donors (Lipinski definition) is 1. The van der Waals surface area contributed by atoms with E-state index >= 15 is 0 Å². The van der Waals surface area contributed by atoms with Gasteiger partial charge in [0.15, 0.2) is 5.13 Å². The maximum absolute atomic E-state index is 4.62. The van der Waals surface area contributed by atoms with Crippen LogP contribution in [0.15, 0.2) is 39.1 Å². The van der Waals surface area contributed by atoms with E-state index in [2.05, 4.69) is 48.7 Å². The largest absolute Gasteiger partial charge is 0.320 e. The molecule has 2 heterocycles. The zero-order valence-electron chi connectivity index (χ0n) is 10.4. The molecule has 3 nitrogen and oxygen atoms in total. The second-order valence-electron chi connectivity index (χ2n) is 4.46. The number of nitrogens with one attached hydrogen (secondary N) is 1. The van der Waals surface area contributed by atoms with Gasteiger partial charge in [-0.05, 0) is 25.0 Å². The Morgan fingerprint density at radius 1 is 1.16 bits per heavy atom. The Labute approximate surface area is 124 Å². The molecule has 1 N–H and O–H groups in total. The summed E-state index contributed by atoms with van der Waals surface area (Å²) in [5.74, 6) is 1.07. The lowest BCUT2D eigenvalue weighted by Gasteiger charge is -2.11. The summed E-state index contributed by atoms with van der Waals surface area (Å²) >= 11 is 5.07. The normalized spacial score (nSPS) is 15.1. The number of halogens is 1. The van der Waals surface area contributed by atoms with Gasteiger partial charge in [0.05, 0.1) is 5.69 Å². The van der Waals surface area contributed by atoms with Gasteiger partial charge in [0.1, 0.15) is 5.84 Å². The molecule has 1 aromatic heterocycles. The molecule has 0 saturated carbocycles. The van der Waals surface area contributed by atoms with Gasteiger partial charge >= 0.3 is 0 Å². The van der Waals surface area contributed by atoms with Gasteiger partial charge < -0.3 is 5.32 Å². The van der Waals surface area contributed by atoms with E-state index in [1.165, 1.54) is 12.8 Å². The number of benzene rings is 1. The number of thiazole rings is 1.